The molecule has 1 aliphatic carbocycles. The van der Waals surface area contributed by atoms with Crippen molar-refractivity contribution in [3.63, 3.8) is 0 Å². The first-order valence-corrected chi connectivity index (χ1v) is 11.6. The van der Waals surface area contributed by atoms with Gasteiger partial charge in [-0.05, 0) is 58.1 Å². The van der Waals surface area contributed by atoms with E-state index in [2.05, 4.69) is 29.5 Å². The minimum absolute atomic E-state index is 0.0199. The number of hydrogen-bond acceptors (Lipinski definition) is 7. The molecule has 2 aromatic heterocycles. The Morgan fingerprint density at radius 1 is 1.41 bits per heavy atom. The van der Waals surface area contributed by atoms with Crippen LogP contribution in [0.5, 0.6) is 5.75 Å². The van der Waals surface area contributed by atoms with E-state index in [0.717, 1.165) is 37.1 Å². The first-order valence-electron chi connectivity index (χ1n) is 11.0. The number of rotatable bonds is 10. The largest absolute Gasteiger partial charge is 0.489 e. The Morgan fingerprint density at radius 3 is 2.69 bits per heavy atom. The van der Waals surface area contributed by atoms with Crippen LogP contribution in [-0.4, -0.2) is 46.5 Å². The molecule has 1 aliphatic rings. The molecule has 0 amide bonds. The molecule has 7 nitrogen and oxygen atoms in total. The normalized spacial score (nSPS) is 21.6. The van der Waals surface area contributed by atoms with E-state index in [9.17, 15) is 9.18 Å². The van der Waals surface area contributed by atoms with Crippen molar-refractivity contribution in [1.29, 1.82) is 0 Å². The third-order valence-corrected chi connectivity index (χ3v) is 6.30. The summed E-state index contributed by atoms with van der Waals surface area (Å²) in [5.74, 6) is 2.35. The zero-order chi connectivity index (χ0) is 23.5. The van der Waals surface area contributed by atoms with E-state index in [-0.39, 0.29) is 18.2 Å². The van der Waals surface area contributed by atoms with Crippen molar-refractivity contribution in [2.24, 2.45) is 5.92 Å². The summed E-state index contributed by atoms with van der Waals surface area (Å²) in [4.78, 5) is 26.5. The number of hydrogen-bond donors (Lipinski definition) is 1. The number of aromatic nitrogens is 3. The van der Waals surface area contributed by atoms with Crippen LogP contribution in [0.4, 0.5) is 16.2 Å². The molecule has 0 aromatic carbocycles. The summed E-state index contributed by atoms with van der Waals surface area (Å²) in [6, 6.07) is 5.36. The molecule has 2 unspecified atom stereocenters. The number of ether oxygens (including phenoxy) is 1. The number of carbonyl (C=O) groups is 1. The van der Waals surface area contributed by atoms with Crippen molar-refractivity contribution in [2.45, 2.75) is 70.6 Å². The SMILES string of the molecule is CC[C@@H](C=O)N(C)c1cc(C)nc(NC2CC([C@@H](C)Oc3ccc(C(C)(F)P)nc3)C2)n1. The average molecular weight is 462 g/mol. The van der Waals surface area contributed by atoms with Gasteiger partial charge in [-0.1, -0.05) is 16.2 Å². The van der Waals surface area contributed by atoms with Gasteiger partial charge in [0.05, 0.1) is 24.0 Å². The highest BCUT2D eigenvalue weighted by Crippen LogP contribution is 2.35. The molecule has 0 saturated heterocycles. The molecule has 32 heavy (non-hydrogen) atoms. The van der Waals surface area contributed by atoms with Gasteiger partial charge < -0.3 is 19.7 Å². The van der Waals surface area contributed by atoms with E-state index in [1.54, 1.807) is 18.3 Å². The van der Waals surface area contributed by atoms with E-state index in [4.69, 9.17) is 4.74 Å². The molecule has 0 aliphatic heterocycles. The summed E-state index contributed by atoms with van der Waals surface area (Å²) >= 11 is 0. The zero-order valence-corrected chi connectivity index (χ0v) is 20.5. The van der Waals surface area contributed by atoms with E-state index in [1.165, 1.54) is 6.92 Å². The van der Waals surface area contributed by atoms with Crippen molar-refractivity contribution in [2.75, 3.05) is 17.3 Å². The lowest BCUT2D eigenvalue weighted by atomic mass is 9.77. The second-order valence-electron chi connectivity index (χ2n) is 8.76. The number of likely N-dealkylation sites (N-methyl/N-ethyl adjacent to an activating group) is 1. The van der Waals surface area contributed by atoms with Crippen LogP contribution in [0.15, 0.2) is 24.4 Å². The lowest BCUT2D eigenvalue weighted by molar-refractivity contribution is -0.109. The summed E-state index contributed by atoms with van der Waals surface area (Å²) in [7, 11) is 4.02. The van der Waals surface area contributed by atoms with Crippen LogP contribution in [0.25, 0.3) is 0 Å². The number of anilines is 2. The molecule has 9 heteroatoms. The van der Waals surface area contributed by atoms with Gasteiger partial charge in [0, 0.05) is 24.8 Å². The highest BCUT2D eigenvalue weighted by Gasteiger charge is 2.35. The molecule has 2 heterocycles. The Balaban J connectivity index is 1.54. The van der Waals surface area contributed by atoms with Crippen LogP contribution >= 0.6 is 9.24 Å². The Kier molecular flexibility index (Phi) is 7.65. The fourth-order valence-electron chi connectivity index (χ4n) is 3.82. The van der Waals surface area contributed by atoms with Gasteiger partial charge >= 0.3 is 0 Å². The maximum absolute atomic E-state index is 13.9. The molecular weight excluding hydrogens is 428 g/mol. The van der Waals surface area contributed by atoms with E-state index in [1.807, 2.05) is 38.8 Å². The summed E-state index contributed by atoms with van der Waals surface area (Å²) in [5, 5.41) is 1.87. The first-order chi connectivity index (χ1) is 15.1. The van der Waals surface area contributed by atoms with Gasteiger partial charge in [0.1, 0.15) is 17.9 Å². The van der Waals surface area contributed by atoms with Crippen LogP contribution in [0.2, 0.25) is 0 Å². The van der Waals surface area contributed by atoms with Gasteiger partial charge in [-0.2, -0.15) is 4.98 Å². The summed E-state index contributed by atoms with van der Waals surface area (Å²) < 4.78 is 19.9. The summed E-state index contributed by atoms with van der Waals surface area (Å²) in [6.07, 6.45) is 5.14. The standard InChI is InChI=1S/C23H33FN5O2P/c1-6-18(13-30)29(5)21-9-14(2)26-22(28-21)27-17-10-16(11-17)15(3)31-19-7-8-20(25-12-19)23(4,24)32/h7-9,12-13,15-18H,6,10-11,32H2,1-5H3,(H,26,27,28)/t15-,16?,17?,18+,23?/m1/s1. The topological polar surface area (TPSA) is 80.2 Å². The molecule has 1 fully saturated rings. The highest BCUT2D eigenvalue weighted by atomic mass is 31.0. The number of nitrogens with one attached hydrogen (secondary N) is 1. The summed E-state index contributed by atoms with van der Waals surface area (Å²) in [6.45, 7) is 7.40. The third-order valence-electron chi connectivity index (χ3n) is 6.01. The second kappa shape index (κ2) is 10.1. The van der Waals surface area contributed by atoms with Crippen LogP contribution in [-0.2, 0) is 10.2 Å². The molecule has 174 valence electrons. The number of alkyl halides is 1. The quantitative estimate of drug-likeness (QED) is 0.418. The van der Waals surface area contributed by atoms with Gasteiger partial charge in [0.2, 0.25) is 5.95 Å². The van der Waals surface area contributed by atoms with Crippen molar-refractivity contribution >= 4 is 27.3 Å². The fraction of sp³-hybridized carbons (Fsp3) is 0.565. The third kappa shape index (κ3) is 5.91. The molecular formula is C23H33FN5O2P. The minimum Gasteiger partial charge on any atom is -0.489 e. The lowest BCUT2D eigenvalue weighted by Gasteiger charge is -2.39. The zero-order valence-electron chi connectivity index (χ0n) is 19.4. The lowest BCUT2D eigenvalue weighted by Crippen LogP contribution is -2.43. The highest BCUT2D eigenvalue weighted by molar-refractivity contribution is 7.18. The van der Waals surface area contributed by atoms with Crippen LogP contribution in [0.1, 0.15) is 51.4 Å². The number of halogens is 1. The van der Waals surface area contributed by atoms with Crippen molar-refractivity contribution in [3.05, 3.63) is 35.8 Å². The van der Waals surface area contributed by atoms with Gasteiger partial charge in [-0.25, -0.2) is 9.37 Å². The number of carbonyl (C=O) groups excluding carboxylic acids is 1. The maximum Gasteiger partial charge on any atom is 0.225 e. The predicted octanol–water partition coefficient (Wildman–Crippen LogP) is 4.27. The van der Waals surface area contributed by atoms with Crippen molar-refractivity contribution in [3.8, 4) is 5.75 Å². The van der Waals surface area contributed by atoms with Gasteiger partial charge in [0.25, 0.3) is 0 Å². The monoisotopic (exact) mass is 461 g/mol. The van der Waals surface area contributed by atoms with E-state index < -0.39 is 5.41 Å². The van der Waals surface area contributed by atoms with Crippen LogP contribution in [0.3, 0.4) is 0 Å². The molecule has 0 bridgehead atoms. The Labute approximate surface area is 191 Å². The Morgan fingerprint density at radius 2 is 2.12 bits per heavy atom. The maximum atomic E-state index is 13.9. The molecule has 4 atom stereocenters. The number of aryl methyl sites for hydroxylation is 1. The second-order valence-corrected chi connectivity index (χ2v) is 9.85. The number of aldehydes is 1. The molecule has 2 aromatic rings. The number of pyridine rings is 1. The smallest absolute Gasteiger partial charge is 0.225 e. The predicted molar refractivity (Wildman–Crippen MR) is 128 cm³/mol. The minimum atomic E-state index is -1.55. The fourth-order valence-corrected chi connectivity index (χ4v) is 3.99. The average Bonchev–Trinajstić information content (AvgIpc) is 2.70. The first kappa shape index (κ1) is 24.3. The van der Waals surface area contributed by atoms with Gasteiger partial charge in [0.15, 0.2) is 5.41 Å². The summed E-state index contributed by atoms with van der Waals surface area (Å²) in [5.41, 5.74) is 1.21. The van der Waals surface area contributed by atoms with Crippen LogP contribution in [0, 0.1) is 12.8 Å². The Hall–Kier alpha value is -2.34. The van der Waals surface area contributed by atoms with Crippen molar-refractivity contribution in [1.82, 2.24) is 15.0 Å². The molecule has 0 radical (unpaired) electrons. The number of nitrogens with zero attached hydrogens (tertiary/aromatic N) is 4. The molecule has 3 rings (SSSR count). The van der Waals surface area contributed by atoms with Crippen molar-refractivity contribution < 1.29 is 13.9 Å². The molecule has 1 N–H and O–H groups in total. The van der Waals surface area contributed by atoms with Crippen LogP contribution < -0.4 is 15.0 Å². The van der Waals surface area contributed by atoms with Gasteiger partial charge in [-0.3, -0.25) is 4.98 Å². The van der Waals surface area contributed by atoms with Gasteiger partial charge in [-0.15, -0.1) is 0 Å². The Bertz CT molecular complexity index is 916. The molecule has 1 saturated carbocycles. The van der Waals surface area contributed by atoms with E-state index >= 15 is 0 Å². The molecule has 0 spiro atoms. The van der Waals surface area contributed by atoms with E-state index in [0.29, 0.717) is 23.3 Å².